The third kappa shape index (κ3) is 6.85. The maximum atomic E-state index is 13.1. The van der Waals surface area contributed by atoms with Crippen molar-refractivity contribution in [3.05, 3.63) is 94.0 Å². The van der Waals surface area contributed by atoms with Crippen molar-refractivity contribution in [3.8, 4) is 5.75 Å². The minimum Gasteiger partial charge on any atom is -0.487 e. The predicted octanol–water partition coefficient (Wildman–Crippen LogP) is 6.43. The zero-order valence-electron chi connectivity index (χ0n) is 23.3. The number of benzene rings is 3. The first-order valence-electron chi connectivity index (χ1n) is 14.3. The lowest BCUT2D eigenvalue weighted by molar-refractivity contribution is -0.120. The molecule has 0 saturated heterocycles. The van der Waals surface area contributed by atoms with Crippen molar-refractivity contribution in [2.24, 2.45) is 0 Å². The first-order chi connectivity index (χ1) is 19.4. The van der Waals surface area contributed by atoms with Gasteiger partial charge in [0.25, 0.3) is 0 Å². The second-order valence-electron chi connectivity index (χ2n) is 11.1. The van der Waals surface area contributed by atoms with Crippen molar-refractivity contribution in [3.63, 3.8) is 0 Å². The molecule has 0 radical (unpaired) electrons. The van der Waals surface area contributed by atoms with E-state index in [1.165, 1.54) is 29.3 Å². The lowest BCUT2D eigenvalue weighted by Crippen LogP contribution is -2.52. The number of thioether (sulfide) groups is 1. The smallest absolute Gasteiger partial charge is 0.230 e. The molecular formula is C33H39ClN2O3S. The Morgan fingerprint density at radius 2 is 1.93 bits per heavy atom. The Kier molecular flexibility index (Phi) is 9.41. The number of hydrogen-bond donors (Lipinski definition) is 3. The lowest BCUT2D eigenvalue weighted by Gasteiger charge is -2.48. The Morgan fingerprint density at radius 3 is 2.65 bits per heavy atom. The van der Waals surface area contributed by atoms with Gasteiger partial charge in [0.1, 0.15) is 11.4 Å². The molecule has 1 spiro atoms. The van der Waals surface area contributed by atoms with Gasteiger partial charge in [-0.1, -0.05) is 67.1 Å². The molecule has 2 aliphatic rings. The summed E-state index contributed by atoms with van der Waals surface area (Å²) in [6, 6.07) is 21.9. The average molecular weight is 579 g/mol. The van der Waals surface area contributed by atoms with Gasteiger partial charge >= 0.3 is 0 Å². The number of rotatable bonds is 11. The zero-order valence-corrected chi connectivity index (χ0v) is 24.9. The SMILES string of the molecule is CCc1ccc2c(c1)[C@@H](NC[C@@H](O)[C@H](Cc1ccccc1)NC(=O)CSc1cccc(Cl)c1C)CC1(CCC1)O2. The fraction of sp³-hybridized carbons (Fsp3) is 0.424. The highest BCUT2D eigenvalue weighted by Gasteiger charge is 2.45. The molecule has 1 heterocycles. The maximum absolute atomic E-state index is 13.1. The lowest BCUT2D eigenvalue weighted by atomic mass is 9.72. The van der Waals surface area contributed by atoms with E-state index in [2.05, 4.69) is 35.8 Å². The number of ether oxygens (including phenoxy) is 1. The van der Waals surface area contributed by atoms with E-state index in [0.717, 1.165) is 47.5 Å². The first kappa shape index (κ1) is 29.0. The van der Waals surface area contributed by atoms with Crippen LogP contribution in [0.4, 0.5) is 0 Å². The number of halogens is 1. The number of aryl methyl sites for hydroxylation is 1. The van der Waals surface area contributed by atoms with Crippen molar-refractivity contribution in [2.45, 2.75) is 81.1 Å². The molecule has 7 heteroatoms. The second kappa shape index (κ2) is 13.0. The number of aliphatic hydroxyl groups is 1. The second-order valence-corrected chi connectivity index (χ2v) is 12.5. The van der Waals surface area contributed by atoms with Gasteiger partial charge in [0, 0.05) is 34.5 Å². The summed E-state index contributed by atoms with van der Waals surface area (Å²) in [5, 5.41) is 18.9. The molecule has 1 fully saturated rings. The van der Waals surface area contributed by atoms with E-state index < -0.39 is 12.1 Å². The number of hydrogen-bond acceptors (Lipinski definition) is 5. The molecule has 1 aliphatic heterocycles. The number of carbonyl (C=O) groups excluding carboxylic acids is 1. The van der Waals surface area contributed by atoms with Gasteiger partial charge in [-0.05, 0) is 73.9 Å². The molecular weight excluding hydrogens is 540 g/mol. The van der Waals surface area contributed by atoms with Gasteiger partial charge in [0.05, 0.1) is 17.9 Å². The van der Waals surface area contributed by atoms with Crippen molar-refractivity contribution in [2.75, 3.05) is 12.3 Å². The molecule has 3 aromatic rings. The largest absolute Gasteiger partial charge is 0.487 e. The van der Waals surface area contributed by atoms with Crippen LogP contribution in [0.15, 0.2) is 71.6 Å². The Morgan fingerprint density at radius 1 is 1.12 bits per heavy atom. The van der Waals surface area contributed by atoms with Crippen LogP contribution in [0.3, 0.4) is 0 Å². The normalized spacial score (nSPS) is 18.8. The van der Waals surface area contributed by atoms with E-state index in [0.29, 0.717) is 18.0 Å². The van der Waals surface area contributed by atoms with E-state index in [4.69, 9.17) is 16.3 Å². The number of amides is 1. The van der Waals surface area contributed by atoms with Crippen molar-refractivity contribution >= 4 is 29.3 Å². The van der Waals surface area contributed by atoms with E-state index in [-0.39, 0.29) is 23.3 Å². The molecule has 212 valence electrons. The number of fused-ring (bicyclic) bond motifs is 1. The van der Waals surface area contributed by atoms with Crippen LogP contribution >= 0.6 is 23.4 Å². The maximum Gasteiger partial charge on any atom is 0.230 e. The minimum absolute atomic E-state index is 0.0969. The molecule has 0 bridgehead atoms. The third-order valence-corrected chi connectivity index (χ3v) is 9.85. The average Bonchev–Trinajstić information content (AvgIpc) is 2.95. The number of carbonyl (C=O) groups is 1. The first-order valence-corrected chi connectivity index (χ1v) is 15.7. The molecule has 1 aliphatic carbocycles. The molecule has 1 amide bonds. The molecule has 1 saturated carbocycles. The van der Waals surface area contributed by atoms with E-state index >= 15 is 0 Å². The Labute approximate surface area is 247 Å². The van der Waals surface area contributed by atoms with E-state index in [9.17, 15) is 9.90 Å². The van der Waals surface area contributed by atoms with Gasteiger partial charge in [0.2, 0.25) is 5.91 Å². The van der Waals surface area contributed by atoms with Crippen LogP contribution in [0.1, 0.15) is 60.9 Å². The monoisotopic (exact) mass is 578 g/mol. The molecule has 3 atom stereocenters. The highest BCUT2D eigenvalue weighted by molar-refractivity contribution is 8.00. The van der Waals surface area contributed by atoms with Gasteiger partial charge in [-0.25, -0.2) is 0 Å². The summed E-state index contributed by atoms with van der Waals surface area (Å²) in [5.41, 5.74) is 4.39. The van der Waals surface area contributed by atoms with Crippen LogP contribution in [0.25, 0.3) is 0 Å². The molecule has 3 aromatic carbocycles. The molecule has 0 aromatic heterocycles. The predicted molar refractivity (Wildman–Crippen MR) is 163 cm³/mol. The summed E-state index contributed by atoms with van der Waals surface area (Å²) < 4.78 is 6.48. The highest BCUT2D eigenvalue weighted by atomic mass is 35.5. The van der Waals surface area contributed by atoms with Crippen LogP contribution in [-0.4, -0.2) is 41.1 Å². The zero-order chi connectivity index (χ0) is 28.1. The van der Waals surface area contributed by atoms with Crippen LogP contribution in [0, 0.1) is 6.92 Å². The molecule has 5 nitrogen and oxygen atoms in total. The summed E-state index contributed by atoms with van der Waals surface area (Å²) in [4.78, 5) is 14.1. The van der Waals surface area contributed by atoms with Crippen LogP contribution in [0.5, 0.6) is 5.75 Å². The summed E-state index contributed by atoms with van der Waals surface area (Å²) in [7, 11) is 0. The number of aliphatic hydroxyl groups excluding tert-OH is 1. The van der Waals surface area contributed by atoms with Crippen LogP contribution in [-0.2, 0) is 17.6 Å². The Bertz CT molecular complexity index is 1310. The van der Waals surface area contributed by atoms with Gasteiger partial charge < -0.3 is 20.5 Å². The molecule has 40 heavy (non-hydrogen) atoms. The molecule has 3 N–H and O–H groups in total. The number of nitrogens with one attached hydrogen (secondary N) is 2. The summed E-state index contributed by atoms with van der Waals surface area (Å²) in [5.74, 6) is 1.10. The Balaban J connectivity index is 1.27. The van der Waals surface area contributed by atoms with Crippen LogP contribution < -0.4 is 15.4 Å². The van der Waals surface area contributed by atoms with Crippen molar-refractivity contribution in [1.29, 1.82) is 0 Å². The van der Waals surface area contributed by atoms with Gasteiger partial charge in [-0.15, -0.1) is 11.8 Å². The molecule has 5 rings (SSSR count). The van der Waals surface area contributed by atoms with Gasteiger partial charge in [-0.2, -0.15) is 0 Å². The molecule has 0 unspecified atom stereocenters. The van der Waals surface area contributed by atoms with E-state index in [1.54, 1.807) is 0 Å². The summed E-state index contributed by atoms with van der Waals surface area (Å²) in [6.07, 6.45) is 4.97. The highest BCUT2D eigenvalue weighted by Crippen LogP contribution is 2.49. The van der Waals surface area contributed by atoms with Gasteiger partial charge in [-0.3, -0.25) is 4.79 Å². The van der Waals surface area contributed by atoms with Gasteiger partial charge in [0.15, 0.2) is 0 Å². The standard InChI is InChI=1S/C33H39ClN2O3S/c1-3-23-13-14-30-25(17-23)28(19-33(39-30)15-8-16-33)35-20-29(37)27(18-24-9-5-4-6-10-24)36-32(38)21-40-31-12-7-11-26(34)22(31)2/h4-7,9-14,17,27-29,35,37H,3,8,15-16,18-21H2,1-2H3,(H,36,38)/t27-,28-,29+/m0/s1. The topological polar surface area (TPSA) is 70.6 Å². The van der Waals surface area contributed by atoms with Crippen molar-refractivity contribution in [1.82, 2.24) is 10.6 Å². The third-order valence-electron chi connectivity index (χ3n) is 8.28. The summed E-state index contributed by atoms with van der Waals surface area (Å²) >= 11 is 7.72. The van der Waals surface area contributed by atoms with Crippen molar-refractivity contribution < 1.29 is 14.6 Å². The summed E-state index contributed by atoms with van der Waals surface area (Å²) in [6.45, 7) is 4.49. The minimum atomic E-state index is -0.764. The van der Waals surface area contributed by atoms with E-state index in [1.807, 2.05) is 55.5 Å². The Hall–Kier alpha value is -2.51. The fourth-order valence-electron chi connectivity index (χ4n) is 5.69. The fourth-order valence-corrected chi connectivity index (χ4v) is 6.79. The van der Waals surface area contributed by atoms with Crippen LogP contribution in [0.2, 0.25) is 5.02 Å². The quantitative estimate of drug-likeness (QED) is 0.229.